The van der Waals surface area contributed by atoms with Crippen molar-refractivity contribution >= 4 is 23.6 Å². The van der Waals surface area contributed by atoms with Crippen molar-refractivity contribution in [2.45, 2.75) is 104 Å². The number of Topliss-reactive ketones (excluding diaryl/α,β-unsaturated/α-hetero) is 1. The van der Waals surface area contributed by atoms with Gasteiger partial charge in [-0.2, -0.15) is 0 Å². The van der Waals surface area contributed by atoms with E-state index < -0.39 is 23.6 Å². The molecule has 8 heteroatoms. The van der Waals surface area contributed by atoms with E-state index in [1.807, 2.05) is 5.32 Å². The number of carboxylic acids is 1. The molecule has 4 aliphatic carbocycles. The zero-order valence-corrected chi connectivity index (χ0v) is 21.9. The summed E-state index contributed by atoms with van der Waals surface area (Å²) in [6, 6.07) is 0. The lowest BCUT2D eigenvalue weighted by molar-refractivity contribution is -0.174. The molecule has 1 heterocycles. The predicted molar refractivity (Wildman–Crippen MR) is 131 cm³/mol. The highest BCUT2D eigenvalue weighted by molar-refractivity contribution is 6.46. The first kappa shape index (κ1) is 27.2. The van der Waals surface area contributed by atoms with Crippen LogP contribution in [0.2, 0.25) is 0 Å². The molecule has 0 radical (unpaired) electrons. The van der Waals surface area contributed by atoms with Crippen LogP contribution in [0.4, 0.5) is 0 Å². The summed E-state index contributed by atoms with van der Waals surface area (Å²) in [5, 5.41) is 32.4. The van der Waals surface area contributed by atoms with E-state index >= 15 is 0 Å². The molecule has 0 bridgehead atoms. The first-order valence-electron chi connectivity index (χ1n) is 13.8. The van der Waals surface area contributed by atoms with Gasteiger partial charge in [-0.1, -0.05) is 20.8 Å². The summed E-state index contributed by atoms with van der Waals surface area (Å²) in [4.78, 5) is 41.4. The number of ketones is 1. The van der Waals surface area contributed by atoms with E-state index in [1.165, 1.54) is 25.7 Å². The number of aliphatic carboxylic acids is 1. The lowest BCUT2D eigenvalue weighted by atomic mass is 9.43. The molecule has 36 heavy (non-hydrogen) atoms. The number of carbonyl (C=O) groups is 4. The molecular weight excluding hydrogens is 462 g/mol. The molecule has 202 valence electrons. The number of fused-ring (bicyclic) bond motifs is 5. The van der Waals surface area contributed by atoms with Crippen LogP contribution in [0.3, 0.4) is 0 Å². The lowest BCUT2D eigenvalue weighted by Gasteiger charge is -2.62. The molecule has 0 aromatic heterocycles. The second kappa shape index (κ2) is 10.2. The number of carboxylic acid groups (broad SMARTS) is 1. The number of aliphatic hydroxyl groups is 2. The Morgan fingerprint density at radius 3 is 2.25 bits per heavy atom. The van der Waals surface area contributed by atoms with Crippen LogP contribution in [0.5, 0.6) is 0 Å². The Morgan fingerprint density at radius 2 is 1.67 bits per heavy atom. The molecule has 5 aliphatic rings. The number of nitrogens with one attached hydrogen (secondary N) is 1. The third kappa shape index (κ3) is 4.87. The van der Waals surface area contributed by atoms with E-state index in [0.717, 1.165) is 32.1 Å². The first-order valence-corrected chi connectivity index (χ1v) is 13.8. The van der Waals surface area contributed by atoms with Crippen LogP contribution >= 0.6 is 0 Å². The van der Waals surface area contributed by atoms with Gasteiger partial charge in [-0.25, -0.2) is 0 Å². The minimum atomic E-state index is -0.782. The normalized spacial score (nSPS) is 44.5. The molecule has 4 unspecified atom stereocenters. The SMILES string of the molecule is C[C@H](CCC(=O)O)[C@H]1CCC2C3C(CC[C@@]21C)[C@@]1(C)CC[C@@H](O)CC1C[C@H]3O.O=C1CC(=O)C(=O)N1. The predicted octanol–water partition coefficient (Wildman–Crippen LogP) is 3.08. The number of hydrogen-bond donors (Lipinski definition) is 4. The van der Waals surface area contributed by atoms with Gasteiger partial charge >= 0.3 is 5.97 Å². The second-order valence-electron chi connectivity index (χ2n) is 12.8. The Kier molecular flexibility index (Phi) is 7.69. The van der Waals surface area contributed by atoms with Crippen molar-refractivity contribution in [2.75, 3.05) is 0 Å². The Bertz CT molecular complexity index is 886. The van der Waals surface area contributed by atoms with Gasteiger partial charge in [-0.15, -0.1) is 0 Å². The van der Waals surface area contributed by atoms with Gasteiger partial charge in [-0.3, -0.25) is 24.5 Å². The molecule has 1 saturated heterocycles. The zero-order chi connectivity index (χ0) is 26.4. The van der Waals surface area contributed by atoms with Gasteiger partial charge < -0.3 is 15.3 Å². The highest BCUT2D eigenvalue weighted by atomic mass is 16.4. The largest absolute Gasteiger partial charge is 0.481 e. The number of carbonyl (C=O) groups excluding carboxylic acids is 3. The molecule has 2 amide bonds. The van der Waals surface area contributed by atoms with Gasteiger partial charge in [0.2, 0.25) is 11.7 Å². The van der Waals surface area contributed by atoms with Crippen LogP contribution in [0.1, 0.15) is 91.4 Å². The average molecular weight is 506 g/mol. The summed E-state index contributed by atoms with van der Waals surface area (Å²) in [6.45, 7) is 7.16. The summed E-state index contributed by atoms with van der Waals surface area (Å²) in [6.07, 6.45) is 8.92. The van der Waals surface area contributed by atoms with Crippen molar-refractivity contribution in [2.24, 2.45) is 46.3 Å². The molecule has 4 N–H and O–H groups in total. The van der Waals surface area contributed by atoms with Crippen LogP contribution in [-0.2, 0) is 19.2 Å². The van der Waals surface area contributed by atoms with Crippen LogP contribution < -0.4 is 5.32 Å². The number of imide groups is 1. The quantitative estimate of drug-likeness (QED) is 0.261. The molecule has 1 aliphatic heterocycles. The maximum absolute atomic E-state index is 11.2. The molecule has 4 saturated carbocycles. The summed E-state index contributed by atoms with van der Waals surface area (Å²) in [7, 11) is 0. The highest BCUT2D eigenvalue weighted by Crippen LogP contribution is 2.68. The number of aliphatic hydroxyl groups excluding tert-OH is 2. The maximum Gasteiger partial charge on any atom is 0.303 e. The minimum absolute atomic E-state index is 0.179. The van der Waals surface area contributed by atoms with Crippen molar-refractivity contribution in [3.63, 3.8) is 0 Å². The minimum Gasteiger partial charge on any atom is -0.481 e. The highest BCUT2D eigenvalue weighted by Gasteiger charge is 2.62. The van der Waals surface area contributed by atoms with Gasteiger partial charge in [0.05, 0.1) is 18.6 Å². The molecular formula is C28H43NO7. The van der Waals surface area contributed by atoms with E-state index in [9.17, 15) is 29.4 Å². The Hall–Kier alpha value is -1.80. The molecule has 0 spiro atoms. The van der Waals surface area contributed by atoms with Gasteiger partial charge in [0, 0.05) is 6.42 Å². The molecule has 5 rings (SSSR count). The van der Waals surface area contributed by atoms with Gasteiger partial charge in [-0.05, 0) is 104 Å². The molecule has 0 aromatic carbocycles. The molecule has 10 atom stereocenters. The van der Waals surface area contributed by atoms with E-state index in [4.69, 9.17) is 5.11 Å². The molecule has 5 fully saturated rings. The Morgan fingerprint density at radius 1 is 1.00 bits per heavy atom. The Balaban J connectivity index is 0.000000325. The molecule has 8 nitrogen and oxygen atoms in total. The monoisotopic (exact) mass is 505 g/mol. The van der Waals surface area contributed by atoms with Crippen LogP contribution in [-0.4, -0.2) is 51.1 Å². The lowest BCUT2D eigenvalue weighted by Crippen LogP contribution is -2.58. The summed E-state index contributed by atoms with van der Waals surface area (Å²) >= 11 is 0. The number of hydrogen-bond acceptors (Lipinski definition) is 6. The van der Waals surface area contributed by atoms with Crippen molar-refractivity contribution < 1.29 is 34.5 Å². The van der Waals surface area contributed by atoms with Crippen molar-refractivity contribution in [1.29, 1.82) is 0 Å². The van der Waals surface area contributed by atoms with E-state index in [-0.39, 0.29) is 35.9 Å². The maximum atomic E-state index is 11.2. The fraction of sp³-hybridized carbons (Fsp3) is 0.857. The second-order valence-corrected chi connectivity index (χ2v) is 12.8. The number of amides is 2. The average Bonchev–Trinajstić information content (AvgIpc) is 3.30. The van der Waals surface area contributed by atoms with Gasteiger partial charge in [0.25, 0.3) is 5.91 Å². The standard InChI is InChI=1S/C24H40O4.C4H3NO3/c1-14(4-7-21(27)28)17-5-6-18-22-19(9-11-24(17,18)3)23(2)10-8-16(25)12-15(23)13-20(22)26;6-2-1-3(7)5-4(2)8/h14-20,22,25-26H,4-13H2,1-3H3,(H,27,28);1H2,(H,5,7,8)/t14-,15?,16-,17-,18?,19?,20-,22?,23+,24-;/m1./s1. The summed E-state index contributed by atoms with van der Waals surface area (Å²) in [5.41, 5.74) is 0.523. The summed E-state index contributed by atoms with van der Waals surface area (Å²) < 4.78 is 0. The third-order valence-electron chi connectivity index (χ3n) is 11.1. The summed E-state index contributed by atoms with van der Waals surface area (Å²) in [5.74, 6) is 0.431. The van der Waals surface area contributed by atoms with Crippen molar-refractivity contribution in [3.8, 4) is 0 Å². The van der Waals surface area contributed by atoms with Gasteiger partial charge in [0.15, 0.2) is 0 Å². The van der Waals surface area contributed by atoms with Crippen LogP contribution in [0, 0.1) is 46.3 Å². The fourth-order valence-electron chi connectivity index (χ4n) is 9.19. The van der Waals surface area contributed by atoms with Gasteiger partial charge in [0.1, 0.15) is 0 Å². The first-order chi connectivity index (χ1) is 16.9. The van der Waals surface area contributed by atoms with Crippen LogP contribution in [0.25, 0.3) is 0 Å². The zero-order valence-electron chi connectivity index (χ0n) is 21.9. The smallest absolute Gasteiger partial charge is 0.303 e. The van der Waals surface area contributed by atoms with Crippen molar-refractivity contribution in [1.82, 2.24) is 5.32 Å². The van der Waals surface area contributed by atoms with E-state index in [0.29, 0.717) is 35.5 Å². The van der Waals surface area contributed by atoms with Crippen LogP contribution in [0.15, 0.2) is 0 Å². The topological polar surface area (TPSA) is 141 Å². The molecule has 0 aromatic rings. The van der Waals surface area contributed by atoms with Crippen molar-refractivity contribution in [3.05, 3.63) is 0 Å². The van der Waals surface area contributed by atoms with E-state index in [1.54, 1.807) is 0 Å². The number of rotatable bonds is 4. The fourth-order valence-corrected chi connectivity index (χ4v) is 9.19. The Labute approximate surface area is 213 Å². The third-order valence-corrected chi connectivity index (χ3v) is 11.1. The van der Waals surface area contributed by atoms with E-state index in [2.05, 4.69) is 20.8 Å².